The second kappa shape index (κ2) is 11.9. The fraction of sp³-hybridized carbons (Fsp3) is 0.500. The van der Waals surface area contributed by atoms with Gasteiger partial charge in [-0.3, -0.25) is 0 Å². The van der Waals surface area contributed by atoms with Crippen LogP contribution in [0.15, 0.2) is 61.0 Å². The van der Waals surface area contributed by atoms with Crippen LogP contribution in [0.4, 0.5) is 0 Å². The van der Waals surface area contributed by atoms with Gasteiger partial charge in [0.05, 0.1) is 0 Å². The van der Waals surface area contributed by atoms with Crippen LogP contribution in [0, 0.1) is 11.8 Å². The average Bonchev–Trinajstić information content (AvgIpc) is 2.84. The third-order valence-corrected chi connectivity index (χ3v) is 11.9. The predicted molar refractivity (Wildman–Crippen MR) is 143 cm³/mol. The molecule has 2 aromatic rings. The first kappa shape index (κ1) is 23.4. The number of rotatable bonds is 10. The monoisotopic (exact) mass is 464 g/mol. The molecule has 0 bridgehead atoms. The molecule has 2 atom stereocenters. The van der Waals surface area contributed by atoms with Gasteiger partial charge in [0, 0.05) is 0 Å². The van der Waals surface area contributed by atoms with Gasteiger partial charge in [-0.2, -0.15) is 0 Å². The summed E-state index contributed by atoms with van der Waals surface area (Å²) in [4.78, 5) is 0. The highest BCUT2D eigenvalue weighted by Crippen LogP contribution is 2.31. The Morgan fingerprint density at radius 1 is 0.656 bits per heavy atom. The van der Waals surface area contributed by atoms with E-state index in [0.29, 0.717) is 0 Å². The smallest absolute Gasteiger partial charge is 0.259 e. The lowest BCUT2D eigenvalue weighted by atomic mass is 9.91. The van der Waals surface area contributed by atoms with Crippen molar-refractivity contribution in [1.82, 2.24) is 0 Å². The summed E-state index contributed by atoms with van der Waals surface area (Å²) in [7, 11) is -2.82. The van der Waals surface area contributed by atoms with Crippen molar-refractivity contribution in [1.29, 1.82) is 0 Å². The number of hydrogen-bond acceptors (Lipinski definition) is 2. The third-order valence-electron chi connectivity index (χ3n) is 7.46. The van der Waals surface area contributed by atoms with Crippen LogP contribution in [0.3, 0.4) is 0 Å². The van der Waals surface area contributed by atoms with Gasteiger partial charge in [0.1, 0.15) is 11.5 Å². The largest absolute Gasteiger partial charge is 0.543 e. The van der Waals surface area contributed by atoms with Crippen LogP contribution in [0.5, 0.6) is 11.5 Å². The first-order valence-electron chi connectivity index (χ1n) is 12.9. The van der Waals surface area contributed by atoms with Gasteiger partial charge in [-0.1, -0.05) is 87.7 Å². The molecule has 0 aliphatic heterocycles. The standard InChI is InChI=1S/C28H40O2Si2/c1-3-31(21-23-11-7-5-8-12-23)29-27-17-15-26-20-28(18-16-25(26)19-27)30-32(4-2)22-24-13-9-6-10-14-24/h3-4,15-20,23-24,31-32H,1-2,5-14,21-22H2. The summed E-state index contributed by atoms with van der Waals surface area (Å²) in [6.07, 6.45) is 13.9. The van der Waals surface area contributed by atoms with Crippen LogP contribution in [-0.2, 0) is 0 Å². The Bertz CT molecular complexity index is 811. The van der Waals surface area contributed by atoms with E-state index in [-0.39, 0.29) is 0 Å². The minimum Gasteiger partial charge on any atom is -0.543 e. The highest BCUT2D eigenvalue weighted by Gasteiger charge is 2.21. The van der Waals surface area contributed by atoms with Crippen molar-refractivity contribution < 1.29 is 8.85 Å². The first-order valence-corrected chi connectivity index (χ1v) is 16.8. The summed E-state index contributed by atoms with van der Waals surface area (Å²) < 4.78 is 12.9. The van der Waals surface area contributed by atoms with Crippen LogP contribution < -0.4 is 8.85 Å². The summed E-state index contributed by atoms with van der Waals surface area (Å²) in [5, 5.41) is 2.43. The molecule has 2 aromatic carbocycles. The molecule has 2 aliphatic carbocycles. The molecule has 0 radical (unpaired) electrons. The highest BCUT2D eigenvalue weighted by molar-refractivity contribution is 6.58. The van der Waals surface area contributed by atoms with Crippen LogP contribution >= 0.6 is 0 Å². The van der Waals surface area contributed by atoms with E-state index in [9.17, 15) is 0 Å². The molecule has 2 aliphatic rings. The minimum absolute atomic E-state index is 0.842. The Hall–Kier alpha value is -1.79. The van der Waals surface area contributed by atoms with Gasteiger partial charge in [-0.15, -0.1) is 13.2 Å². The van der Waals surface area contributed by atoms with E-state index in [0.717, 1.165) is 23.3 Å². The Kier molecular flexibility index (Phi) is 8.69. The van der Waals surface area contributed by atoms with E-state index in [4.69, 9.17) is 8.85 Å². The second-order valence-electron chi connectivity index (χ2n) is 9.93. The molecule has 172 valence electrons. The SMILES string of the molecule is C=C[SiH](CC1CCCCC1)Oc1ccc2cc(O[SiH](C=C)CC3CCCCC3)ccc2c1. The number of fused-ring (bicyclic) bond motifs is 1. The minimum atomic E-state index is -1.41. The fourth-order valence-electron chi connectivity index (χ4n) is 5.59. The zero-order chi connectivity index (χ0) is 22.2. The van der Waals surface area contributed by atoms with Crippen molar-refractivity contribution in [3.05, 3.63) is 61.0 Å². The number of hydrogen-bond donors (Lipinski definition) is 0. The molecule has 0 spiro atoms. The number of benzene rings is 2. The maximum Gasteiger partial charge on any atom is 0.259 e. The maximum absolute atomic E-state index is 6.45. The molecule has 0 amide bonds. The average molecular weight is 465 g/mol. The molecule has 4 rings (SSSR count). The summed E-state index contributed by atoms with van der Waals surface area (Å²) in [6.45, 7) is 8.18. The normalized spacial score (nSPS) is 19.9. The topological polar surface area (TPSA) is 18.5 Å². The van der Waals surface area contributed by atoms with E-state index >= 15 is 0 Å². The van der Waals surface area contributed by atoms with Gasteiger partial charge < -0.3 is 8.85 Å². The molecule has 0 saturated heterocycles. The van der Waals surface area contributed by atoms with Crippen LogP contribution in [0.25, 0.3) is 10.8 Å². The fourth-order valence-corrected chi connectivity index (χ4v) is 9.60. The van der Waals surface area contributed by atoms with Crippen molar-refractivity contribution in [2.24, 2.45) is 11.8 Å². The van der Waals surface area contributed by atoms with Crippen molar-refractivity contribution >= 4 is 28.9 Å². The molecular formula is C28H40O2Si2. The van der Waals surface area contributed by atoms with Crippen molar-refractivity contribution in [2.75, 3.05) is 0 Å². The molecule has 2 nitrogen and oxygen atoms in total. The van der Waals surface area contributed by atoms with E-state index in [1.54, 1.807) is 0 Å². The van der Waals surface area contributed by atoms with Crippen molar-refractivity contribution in [3.63, 3.8) is 0 Å². The van der Waals surface area contributed by atoms with Crippen LogP contribution in [-0.4, -0.2) is 18.1 Å². The Labute approximate surface area is 198 Å². The maximum atomic E-state index is 6.45. The predicted octanol–water partition coefficient (Wildman–Crippen LogP) is 7.66. The van der Waals surface area contributed by atoms with Gasteiger partial charge in [-0.25, -0.2) is 0 Å². The van der Waals surface area contributed by atoms with Crippen LogP contribution in [0.2, 0.25) is 12.1 Å². The van der Waals surface area contributed by atoms with Gasteiger partial charge in [0.15, 0.2) is 0 Å². The van der Waals surface area contributed by atoms with Gasteiger partial charge in [-0.05, 0) is 59.0 Å². The third kappa shape index (κ3) is 6.61. The van der Waals surface area contributed by atoms with E-state index in [1.807, 2.05) is 0 Å². The first-order chi connectivity index (χ1) is 15.7. The molecule has 2 unspecified atom stereocenters. The van der Waals surface area contributed by atoms with E-state index in [1.165, 1.54) is 87.1 Å². The summed E-state index contributed by atoms with van der Waals surface area (Å²) in [6, 6.07) is 15.4. The lowest BCUT2D eigenvalue weighted by Crippen LogP contribution is -2.24. The van der Waals surface area contributed by atoms with Crippen molar-refractivity contribution in [2.45, 2.75) is 76.3 Å². The molecule has 4 heteroatoms. The molecule has 0 aromatic heterocycles. The Morgan fingerprint density at radius 3 is 1.44 bits per heavy atom. The summed E-state index contributed by atoms with van der Waals surface area (Å²) in [5.41, 5.74) is 4.23. The molecule has 2 fully saturated rings. The van der Waals surface area contributed by atoms with Gasteiger partial charge >= 0.3 is 0 Å². The van der Waals surface area contributed by atoms with Gasteiger partial charge in [0.25, 0.3) is 18.1 Å². The van der Waals surface area contributed by atoms with Crippen molar-refractivity contribution in [3.8, 4) is 11.5 Å². The molecule has 0 heterocycles. The second-order valence-corrected chi connectivity index (χ2v) is 14.4. The van der Waals surface area contributed by atoms with Crippen LogP contribution in [0.1, 0.15) is 64.2 Å². The zero-order valence-electron chi connectivity index (χ0n) is 19.6. The Balaban J connectivity index is 1.37. The molecular weight excluding hydrogens is 424 g/mol. The lowest BCUT2D eigenvalue weighted by Gasteiger charge is -2.25. The molecule has 32 heavy (non-hydrogen) atoms. The quantitative estimate of drug-likeness (QED) is 0.336. The molecule has 0 N–H and O–H groups in total. The Morgan fingerprint density at radius 2 is 1.06 bits per heavy atom. The van der Waals surface area contributed by atoms with Gasteiger partial charge in [0.2, 0.25) is 0 Å². The summed E-state index contributed by atoms with van der Waals surface area (Å²) >= 11 is 0. The zero-order valence-corrected chi connectivity index (χ0v) is 22.0. The highest BCUT2D eigenvalue weighted by atomic mass is 28.3. The van der Waals surface area contributed by atoms with E-state index in [2.05, 4.69) is 61.0 Å². The lowest BCUT2D eigenvalue weighted by molar-refractivity contribution is 0.375. The molecule has 2 saturated carbocycles. The van der Waals surface area contributed by atoms with E-state index < -0.39 is 18.1 Å². The summed E-state index contributed by atoms with van der Waals surface area (Å²) in [5.74, 6) is 3.67.